The molecule has 47 heavy (non-hydrogen) atoms. The summed E-state index contributed by atoms with van der Waals surface area (Å²) >= 11 is 0. The number of likely N-dealkylation sites (N-methyl/N-ethyl adjacent to an activating group) is 1. The number of fused-ring (bicyclic) bond motifs is 1. The van der Waals surface area contributed by atoms with E-state index in [9.17, 15) is 14.4 Å². The minimum atomic E-state index is -0.723. The molecule has 0 aliphatic heterocycles. The summed E-state index contributed by atoms with van der Waals surface area (Å²) in [4.78, 5) is 43.5. The molecule has 0 bridgehead atoms. The number of benzene rings is 3. The van der Waals surface area contributed by atoms with Gasteiger partial charge in [-0.25, -0.2) is 9.07 Å². The van der Waals surface area contributed by atoms with Crippen LogP contribution >= 0.6 is 24.8 Å². The van der Waals surface area contributed by atoms with Gasteiger partial charge in [0.25, 0.3) is 11.5 Å². The molecule has 0 saturated heterocycles. The summed E-state index contributed by atoms with van der Waals surface area (Å²) in [6.45, 7) is 3.47. The van der Waals surface area contributed by atoms with Gasteiger partial charge >= 0.3 is 5.97 Å². The zero-order chi connectivity index (χ0) is 32.1. The molecule has 0 radical (unpaired) electrons. The van der Waals surface area contributed by atoms with Gasteiger partial charge in [-0.05, 0) is 63.4 Å². The van der Waals surface area contributed by atoms with Gasteiger partial charge in [0.15, 0.2) is 11.6 Å². The van der Waals surface area contributed by atoms with Gasteiger partial charge in [-0.2, -0.15) is 0 Å². The number of rotatable bonds is 11. The second-order valence-corrected chi connectivity index (χ2v) is 10.2. The largest absolute Gasteiger partial charge is 0.497 e. The number of esters is 1. The molecule has 0 spiro atoms. The number of hydrogen-bond acceptors (Lipinski definition) is 8. The van der Waals surface area contributed by atoms with Crippen LogP contribution in [0, 0.1) is 12.7 Å². The Kier molecular flexibility index (Phi) is 12.5. The van der Waals surface area contributed by atoms with E-state index >= 15 is 4.39 Å². The fourth-order valence-electron chi connectivity index (χ4n) is 4.94. The third-order valence-electron chi connectivity index (χ3n) is 7.03. The van der Waals surface area contributed by atoms with E-state index in [4.69, 9.17) is 14.2 Å². The number of carbonyl (C=O) groups is 2. The molecule has 5 aromatic rings. The van der Waals surface area contributed by atoms with E-state index in [1.54, 1.807) is 93.5 Å². The van der Waals surface area contributed by atoms with Crippen molar-refractivity contribution in [2.24, 2.45) is 0 Å². The minimum absolute atomic E-state index is 0. The average Bonchev–Trinajstić information content (AvgIpc) is 3.26. The molecule has 5 rings (SSSR count). The third kappa shape index (κ3) is 8.09. The summed E-state index contributed by atoms with van der Waals surface area (Å²) in [5, 5.41) is 6.03. The Bertz CT molecular complexity index is 1930. The first-order chi connectivity index (χ1) is 21.7. The molecule has 0 saturated carbocycles. The van der Waals surface area contributed by atoms with E-state index in [-0.39, 0.29) is 54.9 Å². The summed E-state index contributed by atoms with van der Waals surface area (Å²) < 4.78 is 34.7. The second kappa shape index (κ2) is 16.1. The van der Waals surface area contributed by atoms with Crippen LogP contribution in [-0.2, 0) is 16.1 Å². The molecule has 0 aliphatic rings. The molecule has 1 atom stereocenters. The van der Waals surface area contributed by atoms with Crippen LogP contribution in [0.15, 0.2) is 83.8 Å². The van der Waals surface area contributed by atoms with Gasteiger partial charge < -0.3 is 24.8 Å². The van der Waals surface area contributed by atoms with Crippen LogP contribution in [0.3, 0.4) is 0 Å². The van der Waals surface area contributed by atoms with Gasteiger partial charge in [0.2, 0.25) is 0 Å². The van der Waals surface area contributed by atoms with Crippen molar-refractivity contribution in [2.45, 2.75) is 26.5 Å². The Morgan fingerprint density at radius 2 is 1.74 bits per heavy atom. The van der Waals surface area contributed by atoms with E-state index in [0.29, 0.717) is 33.8 Å². The van der Waals surface area contributed by atoms with E-state index in [2.05, 4.69) is 15.6 Å². The topological polar surface area (TPSA) is 126 Å². The normalized spacial score (nSPS) is 11.2. The molecule has 0 unspecified atom stereocenters. The molecule has 2 aromatic heterocycles. The maximum absolute atomic E-state index is 15.2. The number of ether oxygens (including phenoxy) is 3. The van der Waals surface area contributed by atoms with E-state index in [1.165, 1.54) is 16.8 Å². The van der Waals surface area contributed by atoms with Gasteiger partial charge in [-0.1, -0.05) is 18.2 Å². The molecular weight excluding hydrogens is 652 g/mol. The van der Waals surface area contributed by atoms with E-state index < -0.39 is 29.4 Å². The molecule has 14 heteroatoms. The van der Waals surface area contributed by atoms with E-state index in [1.807, 2.05) is 0 Å². The zero-order valence-electron chi connectivity index (χ0n) is 26.0. The molecule has 3 aromatic carbocycles. The fourth-order valence-corrected chi connectivity index (χ4v) is 4.94. The number of carbonyl (C=O) groups excluding carboxylic acids is 2. The van der Waals surface area contributed by atoms with E-state index in [0.717, 1.165) is 6.07 Å². The monoisotopic (exact) mass is 685 g/mol. The van der Waals surface area contributed by atoms with Gasteiger partial charge in [-0.15, -0.1) is 24.8 Å². The lowest BCUT2D eigenvalue weighted by atomic mass is 10.2. The first-order valence-electron chi connectivity index (χ1n) is 14.1. The number of aromatic nitrogens is 3. The quantitative estimate of drug-likeness (QED) is 0.170. The molecule has 1 amide bonds. The van der Waals surface area contributed by atoms with Crippen LogP contribution in [0.1, 0.15) is 23.0 Å². The van der Waals surface area contributed by atoms with Gasteiger partial charge in [0, 0.05) is 29.4 Å². The molecule has 2 heterocycles. The van der Waals surface area contributed by atoms with Crippen LogP contribution < -0.4 is 25.7 Å². The second-order valence-electron chi connectivity index (χ2n) is 10.2. The minimum Gasteiger partial charge on any atom is -0.497 e. The van der Waals surface area contributed by atoms with Crippen molar-refractivity contribution in [1.29, 1.82) is 0 Å². The summed E-state index contributed by atoms with van der Waals surface area (Å²) in [5.74, 6) is -0.938. The molecule has 0 aliphatic carbocycles. The number of anilines is 1. The zero-order valence-corrected chi connectivity index (χ0v) is 27.6. The summed E-state index contributed by atoms with van der Waals surface area (Å²) in [6, 6.07) is 19.7. The highest BCUT2D eigenvalue weighted by Gasteiger charge is 2.26. The van der Waals surface area contributed by atoms with Crippen molar-refractivity contribution in [3.05, 3.63) is 106 Å². The van der Waals surface area contributed by atoms with Crippen molar-refractivity contribution < 1.29 is 28.2 Å². The van der Waals surface area contributed by atoms with Crippen molar-refractivity contribution in [3.8, 4) is 22.9 Å². The van der Waals surface area contributed by atoms with Crippen molar-refractivity contribution in [1.82, 2.24) is 19.7 Å². The Hall–Kier alpha value is -4.91. The molecule has 11 nitrogen and oxygen atoms in total. The summed E-state index contributed by atoms with van der Waals surface area (Å²) in [5.41, 5.74) is 0.901. The Morgan fingerprint density at radius 1 is 1.00 bits per heavy atom. The number of nitrogens with zero attached hydrogens (tertiary/aromatic N) is 3. The smallest absolute Gasteiger partial charge is 0.320 e. The number of methoxy groups -OCH3 is 1. The van der Waals surface area contributed by atoms with Crippen LogP contribution in [-0.4, -0.2) is 53.0 Å². The number of pyridine rings is 1. The highest BCUT2D eigenvalue weighted by Crippen LogP contribution is 2.33. The van der Waals surface area contributed by atoms with Crippen LogP contribution in [0.25, 0.3) is 16.6 Å². The lowest BCUT2D eigenvalue weighted by molar-refractivity contribution is -0.147. The lowest BCUT2D eigenvalue weighted by Crippen LogP contribution is -2.30. The number of para-hydroxylation sites is 1. The van der Waals surface area contributed by atoms with Crippen molar-refractivity contribution in [2.75, 3.05) is 26.0 Å². The first-order valence-corrected chi connectivity index (χ1v) is 14.1. The predicted octanol–water partition coefficient (Wildman–Crippen LogP) is 5.68. The number of hydrogen-bond donors (Lipinski definition) is 2. The SMILES string of the molecule is CNCC(=O)O[C@H](C)Cn1c(C)c(C(=O)Nc2ccc(Oc3ccnc4cc(OC)ccc34)c(F)c2)c(=O)n1-c1ccccc1.Cl.Cl. The highest BCUT2D eigenvalue weighted by molar-refractivity contribution is 6.05. The lowest BCUT2D eigenvalue weighted by Gasteiger charge is -2.18. The molecular formula is C33H34Cl2FN5O6. The average molecular weight is 687 g/mol. The number of amides is 1. The van der Waals surface area contributed by atoms with Crippen LogP contribution in [0.2, 0.25) is 0 Å². The summed E-state index contributed by atoms with van der Waals surface area (Å²) in [7, 11) is 3.19. The maximum atomic E-state index is 15.2. The predicted molar refractivity (Wildman–Crippen MR) is 181 cm³/mol. The van der Waals surface area contributed by atoms with Gasteiger partial charge in [0.05, 0.1) is 37.1 Å². The van der Waals surface area contributed by atoms with Crippen LogP contribution in [0.5, 0.6) is 17.2 Å². The highest BCUT2D eigenvalue weighted by atomic mass is 35.5. The van der Waals surface area contributed by atoms with Gasteiger partial charge in [-0.3, -0.25) is 24.0 Å². The third-order valence-corrected chi connectivity index (χ3v) is 7.03. The fraction of sp³-hybridized carbons (Fsp3) is 0.212. The van der Waals surface area contributed by atoms with Crippen LogP contribution in [0.4, 0.5) is 10.1 Å². The maximum Gasteiger partial charge on any atom is 0.320 e. The van der Waals surface area contributed by atoms with Crippen molar-refractivity contribution >= 4 is 53.3 Å². The molecule has 248 valence electrons. The first kappa shape index (κ1) is 36.6. The Morgan fingerprint density at radius 3 is 2.43 bits per heavy atom. The number of halogens is 3. The Balaban J connectivity index is 0.00000300. The standard InChI is InChI=1S/C33H32FN5O6.2ClH/c1-20(44-30(40)18-35-3)19-38-21(2)31(33(42)39(38)23-8-6-5-7-9-23)32(41)37-22-10-13-29(26(34)16-22)45-28-14-15-36-27-17-24(43-4)11-12-25(27)28;;/h5-17,20,35H,18-19H2,1-4H3,(H,37,41);2*1H/t20-;;/m1../s1. The van der Waals surface area contributed by atoms with Gasteiger partial charge in [0.1, 0.15) is 23.2 Å². The molecule has 0 fully saturated rings. The number of nitrogens with one attached hydrogen (secondary N) is 2. The van der Waals surface area contributed by atoms with Crippen molar-refractivity contribution in [3.63, 3.8) is 0 Å². The summed E-state index contributed by atoms with van der Waals surface area (Å²) in [6.07, 6.45) is 0.941. The Labute approximate surface area is 282 Å². The molecule has 2 N–H and O–H groups in total.